The van der Waals surface area contributed by atoms with Crippen molar-refractivity contribution in [3.63, 3.8) is 0 Å². The van der Waals surface area contributed by atoms with Gasteiger partial charge >= 0.3 is 12.1 Å². The van der Waals surface area contributed by atoms with Gasteiger partial charge in [-0.05, 0) is 58.2 Å². The van der Waals surface area contributed by atoms with E-state index in [1.165, 1.54) is 0 Å². The molecular formula is C24H38O10. The predicted molar refractivity (Wildman–Crippen MR) is 124 cm³/mol. The lowest BCUT2D eigenvalue weighted by Gasteiger charge is -2.14. The Morgan fingerprint density at radius 1 is 0.971 bits per heavy atom. The van der Waals surface area contributed by atoms with E-state index in [0.717, 1.165) is 18.4 Å². The summed E-state index contributed by atoms with van der Waals surface area (Å²) in [4.78, 5) is 33.4. The normalized spacial score (nSPS) is 10.1. The molecule has 0 unspecified atom stereocenters. The highest BCUT2D eigenvalue weighted by Gasteiger charge is 2.12. The maximum Gasteiger partial charge on any atom is 0.511 e. The Morgan fingerprint density at radius 2 is 1.65 bits per heavy atom. The monoisotopic (exact) mass is 486 g/mol. The van der Waals surface area contributed by atoms with Gasteiger partial charge in [0.1, 0.15) is 0 Å². The van der Waals surface area contributed by atoms with E-state index in [4.69, 9.17) is 28.4 Å². The molecule has 0 aromatic heterocycles. The number of unbranched alkanes of at least 4 members (excludes halogenated alkanes) is 1. The number of carbonyl (C=O) groups is 3. The molecule has 194 valence electrons. The zero-order chi connectivity index (χ0) is 25.8. The van der Waals surface area contributed by atoms with Crippen LogP contribution in [-0.2, 0) is 39.7 Å². The van der Waals surface area contributed by atoms with Crippen LogP contribution in [0, 0.1) is 0 Å². The summed E-state index contributed by atoms with van der Waals surface area (Å²) in [6.45, 7) is 9.36. The van der Waals surface area contributed by atoms with Gasteiger partial charge in [0.25, 0.3) is 6.47 Å². The number of benzene rings is 1. The third-order valence-corrected chi connectivity index (χ3v) is 3.93. The SMILES string of the molecule is CCCCOC(=O)CCc1ccc(OCOC(=O)OC(C)C)c(OCOC=O)c1.COC(C)C. The first-order valence-electron chi connectivity index (χ1n) is 11.2. The molecule has 0 aliphatic carbocycles. The lowest BCUT2D eigenvalue weighted by atomic mass is 10.1. The van der Waals surface area contributed by atoms with Crippen LogP contribution in [0.25, 0.3) is 0 Å². The third-order valence-electron chi connectivity index (χ3n) is 3.93. The Balaban J connectivity index is 0.00000196. The summed E-state index contributed by atoms with van der Waals surface area (Å²) in [5.41, 5.74) is 0.797. The number of hydrogen-bond acceptors (Lipinski definition) is 10. The molecule has 0 atom stereocenters. The molecule has 0 spiro atoms. The number of ether oxygens (including phenoxy) is 7. The highest BCUT2D eigenvalue weighted by Crippen LogP contribution is 2.29. The van der Waals surface area contributed by atoms with Crippen LogP contribution in [0.5, 0.6) is 11.5 Å². The highest BCUT2D eigenvalue weighted by molar-refractivity contribution is 5.69. The van der Waals surface area contributed by atoms with Gasteiger partial charge in [-0.15, -0.1) is 0 Å². The molecule has 1 rings (SSSR count). The Labute approximate surface area is 201 Å². The molecule has 0 N–H and O–H groups in total. The zero-order valence-corrected chi connectivity index (χ0v) is 21.0. The smallest absolute Gasteiger partial charge is 0.466 e. The van der Waals surface area contributed by atoms with E-state index in [-0.39, 0.29) is 50.1 Å². The lowest BCUT2D eigenvalue weighted by Crippen LogP contribution is -2.16. The van der Waals surface area contributed by atoms with Crippen molar-refractivity contribution in [2.45, 2.75) is 72.5 Å². The minimum absolute atomic E-state index is 0.221. The summed E-state index contributed by atoms with van der Waals surface area (Å²) in [6.07, 6.45) is 1.66. The van der Waals surface area contributed by atoms with Gasteiger partial charge in [0.2, 0.25) is 13.6 Å². The van der Waals surface area contributed by atoms with Crippen LogP contribution >= 0.6 is 0 Å². The molecule has 34 heavy (non-hydrogen) atoms. The second kappa shape index (κ2) is 19.5. The van der Waals surface area contributed by atoms with Gasteiger partial charge in [0, 0.05) is 13.5 Å². The molecule has 1 aromatic rings. The number of rotatable bonds is 15. The van der Waals surface area contributed by atoms with E-state index in [0.29, 0.717) is 19.1 Å². The van der Waals surface area contributed by atoms with Crippen molar-refractivity contribution in [2.75, 3.05) is 27.3 Å². The molecule has 10 nitrogen and oxygen atoms in total. The van der Waals surface area contributed by atoms with E-state index in [9.17, 15) is 14.4 Å². The zero-order valence-electron chi connectivity index (χ0n) is 21.0. The molecular weight excluding hydrogens is 448 g/mol. The Bertz CT molecular complexity index is 703. The summed E-state index contributed by atoms with van der Waals surface area (Å²) in [5.74, 6) is 0.262. The Kier molecular flexibility index (Phi) is 17.7. The number of aryl methyl sites for hydroxylation is 1. The molecule has 0 fully saturated rings. The van der Waals surface area contributed by atoms with Crippen molar-refractivity contribution >= 4 is 18.6 Å². The molecule has 10 heteroatoms. The molecule has 0 saturated carbocycles. The summed E-state index contributed by atoms with van der Waals surface area (Å²) in [7, 11) is 1.70. The van der Waals surface area contributed by atoms with Crippen molar-refractivity contribution in [2.24, 2.45) is 0 Å². The molecule has 0 saturated heterocycles. The fourth-order valence-corrected chi connectivity index (χ4v) is 2.08. The maximum absolute atomic E-state index is 11.7. The fourth-order valence-electron chi connectivity index (χ4n) is 2.08. The summed E-state index contributed by atoms with van der Waals surface area (Å²) in [6, 6.07) is 4.99. The van der Waals surface area contributed by atoms with Gasteiger partial charge in [0.15, 0.2) is 11.5 Å². The standard InChI is InChI=1S/C20H28O9.C4H10O/c1-4-5-10-25-19(22)9-7-16-6-8-17(18(11-16)26-13-24-12-21)27-14-28-20(23)29-15(2)3;1-4(2)5-3/h6,8,11-12,15H,4-5,7,9-10,13-14H2,1-3H3;4H,1-3H3. The minimum Gasteiger partial charge on any atom is -0.466 e. The van der Waals surface area contributed by atoms with Crippen LogP contribution in [0.3, 0.4) is 0 Å². The first kappa shape index (κ1) is 31.0. The molecule has 1 aromatic carbocycles. The molecule has 0 radical (unpaired) electrons. The third kappa shape index (κ3) is 16.6. The number of methoxy groups -OCH3 is 1. The van der Waals surface area contributed by atoms with Gasteiger partial charge in [0.05, 0.1) is 18.8 Å². The molecule has 0 aliphatic rings. The van der Waals surface area contributed by atoms with Gasteiger partial charge in [-0.1, -0.05) is 19.4 Å². The summed E-state index contributed by atoms with van der Waals surface area (Å²) < 4.78 is 34.8. The van der Waals surface area contributed by atoms with Crippen molar-refractivity contribution in [3.05, 3.63) is 23.8 Å². The van der Waals surface area contributed by atoms with Crippen LogP contribution in [0.2, 0.25) is 0 Å². The maximum atomic E-state index is 11.7. The average molecular weight is 487 g/mol. The fraction of sp³-hybridized carbons (Fsp3) is 0.625. The largest absolute Gasteiger partial charge is 0.511 e. The van der Waals surface area contributed by atoms with Gasteiger partial charge in [-0.3, -0.25) is 9.59 Å². The second-order valence-corrected chi connectivity index (χ2v) is 7.49. The van der Waals surface area contributed by atoms with E-state index in [1.54, 1.807) is 39.2 Å². The molecule has 0 bridgehead atoms. The first-order chi connectivity index (χ1) is 16.2. The summed E-state index contributed by atoms with van der Waals surface area (Å²) in [5, 5.41) is 0. The van der Waals surface area contributed by atoms with Crippen molar-refractivity contribution in [1.82, 2.24) is 0 Å². The Morgan fingerprint density at radius 3 is 2.24 bits per heavy atom. The number of hydrogen-bond donors (Lipinski definition) is 0. The number of esters is 1. The lowest BCUT2D eigenvalue weighted by molar-refractivity contribution is -0.143. The van der Waals surface area contributed by atoms with Crippen molar-refractivity contribution in [3.8, 4) is 11.5 Å². The van der Waals surface area contributed by atoms with E-state index in [1.807, 2.05) is 20.8 Å². The van der Waals surface area contributed by atoms with Crippen LogP contribution in [-0.4, -0.2) is 58.1 Å². The molecule has 0 aliphatic heterocycles. The van der Waals surface area contributed by atoms with E-state index in [2.05, 4.69) is 4.74 Å². The van der Waals surface area contributed by atoms with Gasteiger partial charge in [-0.2, -0.15) is 0 Å². The van der Waals surface area contributed by atoms with Crippen LogP contribution in [0.4, 0.5) is 4.79 Å². The van der Waals surface area contributed by atoms with E-state index < -0.39 is 6.16 Å². The van der Waals surface area contributed by atoms with Crippen molar-refractivity contribution in [1.29, 1.82) is 0 Å². The van der Waals surface area contributed by atoms with Gasteiger partial charge < -0.3 is 33.2 Å². The van der Waals surface area contributed by atoms with Crippen LogP contribution < -0.4 is 9.47 Å². The minimum atomic E-state index is -0.857. The van der Waals surface area contributed by atoms with Crippen molar-refractivity contribution < 1.29 is 47.5 Å². The average Bonchev–Trinajstić information content (AvgIpc) is 2.79. The molecule has 0 amide bonds. The quantitative estimate of drug-likeness (QED) is 0.116. The highest BCUT2D eigenvalue weighted by atomic mass is 16.8. The van der Waals surface area contributed by atoms with Gasteiger partial charge in [-0.25, -0.2) is 4.79 Å². The summed E-state index contributed by atoms with van der Waals surface area (Å²) >= 11 is 0. The predicted octanol–water partition coefficient (Wildman–Crippen LogP) is 4.41. The first-order valence-corrected chi connectivity index (χ1v) is 11.2. The van der Waals surface area contributed by atoms with E-state index >= 15 is 0 Å². The Hall–Kier alpha value is -3.01. The van der Waals surface area contributed by atoms with Crippen LogP contribution in [0.15, 0.2) is 18.2 Å². The topological polar surface area (TPSA) is 116 Å². The second-order valence-electron chi connectivity index (χ2n) is 7.49. The number of carbonyl (C=O) groups excluding carboxylic acids is 3. The molecule has 0 heterocycles. The van der Waals surface area contributed by atoms with Crippen LogP contribution in [0.1, 0.15) is 59.4 Å².